The molecule has 0 amide bonds. The van der Waals surface area contributed by atoms with Crippen molar-refractivity contribution in [1.82, 2.24) is 9.78 Å². The minimum atomic E-state index is -0.369. The molecule has 0 aliphatic rings. The number of hydrogen-bond donors (Lipinski definition) is 3. The zero-order chi connectivity index (χ0) is 10.6. The van der Waals surface area contributed by atoms with E-state index in [0.29, 0.717) is 18.7 Å². The molecule has 1 aromatic heterocycles. The highest BCUT2D eigenvalue weighted by Gasteiger charge is 2.09. The van der Waals surface area contributed by atoms with Crippen LogP contribution in [0.4, 0.5) is 11.5 Å². The summed E-state index contributed by atoms with van der Waals surface area (Å²) >= 11 is 0. The summed E-state index contributed by atoms with van der Waals surface area (Å²) in [5, 5.41) is 16.7. The van der Waals surface area contributed by atoms with Crippen LogP contribution >= 0.6 is 0 Å². The Labute approximate surface area is 83.9 Å². The van der Waals surface area contributed by atoms with E-state index in [9.17, 15) is 5.11 Å². The summed E-state index contributed by atoms with van der Waals surface area (Å²) in [6, 6.07) is 0. The molecule has 0 saturated carbocycles. The number of aliphatic hydroxyl groups excluding tert-OH is 1. The number of nitrogens with zero attached hydrogens (tertiary/aromatic N) is 2. The summed E-state index contributed by atoms with van der Waals surface area (Å²) in [5.41, 5.74) is 6.34. The average Bonchev–Trinajstić information content (AvgIpc) is 2.50. The summed E-state index contributed by atoms with van der Waals surface area (Å²) in [5.74, 6) is 0.792. The number of aromatic nitrogens is 2. The van der Waals surface area contributed by atoms with Gasteiger partial charge in [-0.3, -0.25) is 0 Å². The Morgan fingerprint density at radius 3 is 2.93 bits per heavy atom. The van der Waals surface area contributed by atoms with Gasteiger partial charge >= 0.3 is 0 Å². The van der Waals surface area contributed by atoms with Crippen molar-refractivity contribution in [3.8, 4) is 0 Å². The van der Waals surface area contributed by atoms with Crippen LogP contribution in [0.3, 0.4) is 0 Å². The quantitative estimate of drug-likeness (QED) is 0.650. The van der Waals surface area contributed by atoms with E-state index in [-0.39, 0.29) is 6.10 Å². The van der Waals surface area contributed by atoms with Crippen molar-refractivity contribution in [2.24, 2.45) is 0 Å². The largest absolute Gasteiger partial charge is 0.394 e. The van der Waals surface area contributed by atoms with Gasteiger partial charge in [-0.1, -0.05) is 6.92 Å². The number of nitrogens with two attached hydrogens (primary N) is 1. The molecule has 0 aliphatic carbocycles. The van der Waals surface area contributed by atoms with Crippen molar-refractivity contribution in [1.29, 1.82) is 0 Å². The maximum Gasteiger partial charge on any atom is 0.147 e. The first kappa shape index (κ1) is 10.8. The van der Waals surface area contributed by atoms with E-state index < -0.39 is 0 Å². The van der Waals surface area contributed by atoms with E-state index >= 15 is 0 Å². The van der Waals surface area contributed by atoms with Crippen molar-refractivity contribution >= 4 is 11.5 Å². The Kier molecular flexibility index (Phi) is 3.76. The van der Waals surface area contributed by atoms with E-state index in [1.54, 1.807) is 10.9 Å². The number of nitrogen functional groups attached to an aromatic ring is 1. The van der Waals surface area contributed by atoms with Gasteiger partial charge in [-0.2, -0.15) is 5.10 Å². The molecule has 0 saturated heterocycles. The van der Waals surface area contributed by atoms with Crippen LogP contribution in [0.1, 0.15) is 20.3 Å². The van der Waals surface area contributed by atoms with Gasteiger partial charge in [-0.05, 0) is 13.3 Å². The lowest BCUT2D eigenvalue weighted by Gasteiger charge is -2.12. The molecule has 0 bridgehead atoms. The molecule has 1 unspecified atom stereocenters. The van der Waals surface area contributed by atoms with E-state index in [4.69, 9.17) is 5.73 Å². The highest BCUT2D eigenvalue weighted by Crippen LogP contribution is 2.17. The van der Waals surface area contributed by atoms with Crippen LogP contribution in [-0.2, 0) is 6.54 Å². The molecule has 1 aromatic rings. The lowest BCUT2D eigenvalue weighted by molar-refractivity contribution is 0.146. The molecule has 0 aromatic carbocycles. The number of nitrogens with one attached hydrogen (secondary N) is 1. The first-order valence-corrected chi connectivity index (χ1v) is 4.92. The fourth-order valence-electron chi connectivity index (χ4n) is 1.23. The minimum Gasteiger partial charge on any atom is -0.394 e. The van der Waals surface area contributed by atoms with Crippen molar-refractivity contribution < 1.29 is 5.11 Å². The lowest BCUT2D eigenvalue weighted by Crippen LogP contribution is -2.18. The van der Waals surface area contributed by atoms with E-state index in [1.807, 2.05) is 13.8 Å². The van der Waals surface area contributed by atoms with E-state index in [2.05, 4.69) is 10.4 Å². The van der Waals surface area contributed by atoms with Crippen LogP contribution in [0.2, 0.25) is 0 Å². The first-order chi connectivity index (χ1) is 6.69. The van der Waals surface area contributed by atoms with Crippen LogP contribution in [0.5, 0.6) is 0 Å². The number of aliphatic hydroxyl groups is 1. The molecular formula is C9H18N4O. The number of rotatable bonds is 5. The van der Waals surface area contributed by atoms with Crippen molar-refractivity contribution in [2.75, 3.05) is 17.6 Å². The predicted molar refractivity (Wildman–Crippen MR) is 57.1 cm³/mol. The third-order valence-electron chi connectivity index (χ3n) is 2.07. The van der Waals surface area contributed by atoms with Gasteiger partial charge in [-0.25, -0.2) is 4.68 Å². The maximum atomic E-state index is 9.48. The van der Waals surface area contributed by atoms with Crippen LogP contribution in [0.15, 0.2) is 6.20 Å². The molecular weight excluding hydrogens is 180 g/mol. The van der Waals surface area contributed by atoms with Gasteiger partial charge < -0.3 is 16.2 Å². The number of anilines is 2. The molecule has 0 aliphatic heterocycles. The van der Waals surface area contributed by atoms with Gasteiger partial charge in [0.2, 0.25) is 0 Å². The lowest BCUT2D eigenvalue weighted by atomic mass is 10.3. The average molecular weight is 198 g/mol. The molecule has 0 fully saturated rings. The fourth-order valence-corrected chi connectivity index (χ4v) is 1.23. The van der Waals surface area contributed by atoms with Gasteiger partial charge in [0, 0.05) is 6.54 Å². The summed E-state index contributed by atoms with van der Waals surface area (Å²) in [6.07, 6.45) is 1.94. The summed E-state index contributed by atoms with van der Waals surface area (Å²) in [7, 11) is 0. The van der Waals surface area contributed by atoms with Gasteiger partial charge in [-0.15, -0.1) is 0 Å². The molecule has 80 valence electrons. The smallest absolute Gasteiger partial charge is 0.147 e. The van der Waals surface area contributed by atoms with E-state index in [1.165, 1.54) is 0 Å². The van der Waals surface area contributed by atoms with Crippen molar-refractivity contribution in [3.63, 3.8) is 0 Å². The molecule has 0 spiro atoms. The minimum absolute atomic E-state index is 0.369. The Hall–Kier alpha value is -1.23. The molecule has 0 radical (unpaired) electrons. The predicted octanol–water partition coefficient (Wildman–Crippen LogP) is 0.668. The first-order valence-electron chi connectivity index (χ1n) is 4.92. The zero-order valence-electron chi connectivity index (χ0n) is 8.70. The van der Waals surface area contributed by atoms with E-state index in [0.717, 1.165) is 12.4 Å². The molecule has 5 heteroatoms. The monoisotopic (exact) mass is 198 g/mol. The standard InChI is InChI=1S/C9H18N4O/c1-3-7(14)6-13-9(11-4-2)8(10)5-12-13/h5,7,11,14H,3-4,6,10H2,1-2H3. The SMILES string of the molecule is CCNc1c(N)cnn1CC(O)CC. The normalized spacial score (nSPS) is 12.8. The van der Waals surface area contributed by atoms with Crippen molar-refractivity contribution in [3.05, 3.63) is 6.20 Å². The maximum absolute atomic E-state index is 9.48. The summed E-state index contributed by atoms with van der Waals surface area (Å²) < 4.78 is 1.70. The van der Waals surface area contributed by atoms with Gasteiger partial charge in [0.1, 0.15) is 5.82 Å². The summed E-state index contributed by atoms with van der Waals surface area (Å²) in [6.45, 7) is 5.20. The topological polar surface area (TPSA) is 76.1 Å². The van der Waals surface area contributed by atoms with Gasteiger partial charge in [0.15, 0.2) is 0 Å². The van der Waals surface area contributed by atoms with Crippen molar-refractivity contribution in [2.45, 2.75) is 32.9 Å². The Bertz CT molecular complexity index is 284. The molecule has 1 heterocycles. The van der Waals surface area contributed by atoms with Crippen LogP contribution in [-0.4, -0.2) is 27.5 Å². The summed E-state index contributed by atoms with van der Waals surface area (Å²) in [4.78, 5) is 0. The van der Waals surface area contributed by atoms with Gasteiger partial charge in [0.25, 0.3) is 0 Å². The fraction of sp³-hybridized carbons (Fsp3) is 0.667. The van der Waals surface area contributed by atoms with Gasteiger partial charge in [0.05, 0.1) is 24.5 Å². The third-order valence-corrected chi connectivity index (χ3v) is 2.07. The molecule has 1 rings (SSSR count). The Morgan fingerprint density at radius 2 is 2.36 bits per heavy atom. The third kappa shape index (κ3) is 2.38. The van der Waals surface area contributed by atoms with Crippen LogP contribution in [0.25, 0.3) is 0 Å². The second-order valence-corrected chi connectivity index (χ2v) is 3.22. The number of hydrogen-bond acceptors (Lipinski definition) is 4. The highest BCUT2D eigenvalue weighted by molar-refractivity contribution is 5.60. The Morgan fingerprint density at radius 1 is 1.64 bits per heavy atom. The van der Waals surface area contributed by atoms with Crippen LogP contribution in [0, 0.1) is 0 Å². The zero-order valence-corrected chi connectivity index (χ0v) is 8.70. The highest BCUT2D eigenvalue weighted by atomic mass is 16.3. The Balaban J connectivity index is 2.75. The second-order valence-electron chi connectivity index (χ2n) is 3.22. The van der Waals surface area contributed by atoms with Crippen LogP contribution < -0.4 is 11.1 Å². The molecule has 5 nitrogen and oxygen atoms in total. The molecule has 14 heavy (non-hydrogen) atoms. The molecule has 4 N–H and O–H groups in total. The molecule has 1 atom stereocenters. The second kappa shape index (κ2) is 4.85.